The third-order valence-corrected chi connectivity index (χ3v) is 21.7. The second-order valence-electron chi connectivity index (χ2n) is 28.9. The Morgan fingerprint density at radius 3 is 1.99 bits per heavy atom. The number of hydrogen-bond acceptors (Lipinski definition) is 23. The highest BCUT2D eigenvalue weighted by Gasteiger charge is 2.65. The Morgan fingerprint density at radius 1 is 0.691 bits per heavy atom. The quantitative estimate of drug-likeness (QED) is 0.0335. The van der Waals surface area contributed by atoms with Crippen LogP contribution in [0.25, 0.3) is 0 Å². The number of carbonyl (C=O) groups is 5. The molecule has 2 bridgehead atoms. The summed E-state index contributed by atoms with van der Waals surface area (Å²) in [5.74, 6) is -6.08. The van der Waals surface area contributed by atoms with Gasteiger partial charge in [0.15, 0.2) is 48.9 Å². The van der Waals surface area contributed by atoms with E-state index in [2.05, 4.69) is 25.2 Å². The van der Waals surface area contributed by atoms with Crippen LogP contribution < -0.4 is 11.1 Å². The van der Waals surface area contributed by atoms with Gasteiger partial charge >= 0.3 is 18.0 Å². The predicted octanol–water partition coefficient (Wildman–Crippen LogP) is 6.99. The molecule has 0 aromatic heterocycles. The van der Waals surface area contributed by atoms with Crippen molar-refractivity contribution in [3.63, 3.8) is 0 Å². The van der Waals surface area contributed by atoms with E-state index in [1.807, 2.05) is 46.8 Å². The summed E-state index contributed by atoms with van der Waals surface area (Å²) in [5.41, 5.74) is 3.67. The molecule has 7 N–H and O–H groups in total. The maximum atomic E-state index is 15.8. The minimum atomic E-state index is -2.07. The number of fused-ring (bicyclic) bond motifs is 4. The predicted molar refractivity (Wildman–Crippen MR) is 336 cm³/mol. The Morgan fingerprint density at radius 2 is 1.33 bits per heavy atom. The number of nitrogens with one attached hydrogen (secondary N) is 1. The van der Waals surface area contributed by atoms with Gasteiger partial charge in [-0.1, -0.05) is 62.8 Å². The lowest BCUT2D eigenvalue weighted by Gasteiger charge is -2.56. The third-order valence-electron chi connectivity index (χ3n) is 21.7. The van der Waals surface area contributed by atoms with Crippen molar-refractivity contribution in [1.82, 2.24) is 5.32 Å². The SMILES string of the molecule is COC(=O)NC1C(C)OC(OC2CC=C(C)C3C=CC4C(OC5CC(OC6CCC(OC7CC(O)C(OC8CCC(O)C(C)O8)C(C)O7)C(C)O6)C(OC(C)=O)C(C)O5)C(C)CC(C)C4C3(C)C(O)=C3C(=O)OC4(CC(C=CC(C)=O)=CC(O)C4C=C2C)C3=O)CC1(C)N. The molecule has 29 atom stereocenters. The first-order chi connectivity index (χ1) is 44.3. The zero-order valence-electron chi connectivity index (χ0n) is 56.8. The Labute approximate surface area is 551 Å². The van der Waals surface area contributed by atoms with Gasteiger partial charge in [-0.15, -0.1) is 0 Å². The van der Waals surface area contributed by atoms with Crippen LogP contribution in [-0.4, -0.2) is 191 Å². The van der Waals surface area contributed by atoms with Crippen molar-refractivity contribution < 1.29 is 106 Å². The summed E-state index contributed by atoms with van der Waals surface area (Å²) < 4.78 is 82.3. The first-order valence-corrected chi connectivity index (χ1v) is 33.9. The van der Waals surface area contributed by atoms with Crippen molar-refractivity contribution >= 4 is 29.6 Å². The molecule has 94 heavy (non-hydrogen) atoms. The number of rotatable bonds is 14. The van der Waals surface area contributed by atoms with Crippen LogP contribution in [0.2, 0.25) is 0 Å². The van der Waals surface area contributed by atoms with Crippen molar-refractivity contribution in [3.8, 4) is 0 Å². The molecule has 10 rings (SSSR count). The summed E-state index contributed by atoms with van der Waals surface area (Å²) in [4.78, 5) is 68.2. The van der Waals surface area contributed by atoms with Crippen LogP contribution in [0.3, 0.4) is 0 Å². The fourth-order valence-corrected chi connectivity index (χ4v) is 17.0. The zero-order chi connectivity index (χ0) is 68.2. The minimum absolute atomic E-state index is 0.0933. The number of methoxy groups -OCH3 is 1. The van der Waals surface area contributed by atoms with Crippen LogP contribution >= 0.6 is 0 Å². The van der Waals surface area contributed by atoms with Crippen LogP contribution in [-0.2, 0) is 80.8 Å². The van der Waals surface area contributed by atoms with Crippen molar-refractivity contribution in [2.75, 3.05) is 7.11 Å². The van der Waals surface area contributed by atoms with E-state index in [1.165, 1.54) is 39.2 Å². The molecule has 6 aliphatic heterocycles. The summed E-state index contributed by atoms with van der Waals surface area (Å²) in [5, 5.41) is 49.8. The first kappa shape index (κ1) is 72.0. The van der Waals surface area contributed by atoms with Gasteiger partial charge in [-0.3, -0.25) is 14.4 Å². The standard InChI is InChI=1S/C70H102N2O22/c1-32-15-21-50(89-57-31-68(12,71)63(41(10)87-57)72-67(81)82-14)33(2)26-46-48(76)27-43(17-16-36(5)73)30-70(46)65(79)58(66(80)94-70)64(78)69(13)45(32)19-18-44-59(69)34(3)25-35(4)60(44)93-56-29-52(62(40(9)86-56)88-42(11)74)91-53-24-22-51(38(7)84-53)90-55-28-49(77)61(39(8)85-55)92-54-23-20-47(75)37(6)83-54/h15-19,26-27,34-35,37-41,44-57,59-63,75-78H,20-25,28-31,71H2,1-14H3,(H,72,81). The van der Waals surface area contributed by atoms with Crippen LogP contribution in [0, 0.1) is 40.9 Å². The fourth-order valence-electron chi connectivity index (χ4n) is 17.0. The lowest BCUT2D eigenvalue weighted by molar-refractivity contribution is -0.331. The van der Waals surface area contributed by atoms with Crippen molar-refractivity contribution in [2.45, 2.75) is 288 Å². The molecular formula is C70H102N2O22. The molecule has 24 nitrogen and oxygen atoms in total. The summed E-state index contributed by atoms with van der Waals surface area (Å²) in [6.07, 6.45) is 1.12. The number of aliphatic hydroxyl groups is 4. The number of alkyl carbamates (subject to hydrolysis) is 1. The number of Topliss-reactive ketones (excluding diaryl/α,β-unsaturated/α-hetero) is 1. The molecule has 1 saturated carbocycles. The Hall–Kier alpha value is -4.77. The molecule has 1 spiro atoms. The molecule has 4 aliphatic carbocycles. The second kappa shape index (κ2) is 29.0. The number of amides is 1. The molecule has 6 heterocycles. The molecule has 0 aromatic rings. The monoisotopic (exact) mass is 1320 g/mol. The van der Waals surface area contributed by atoms with Crippen molar-refractivity contribution in [1.29, 1.82) is 0 Å². The normalized spacial score (nSPS) is 46.0. The van der Waals surface area contributed by atoms with Gasteiger partial charge in [-0.05, 0) is 123 Å². The first-order valence-electron chi connectivity index (χ1n) is 33.9. The van der Waals surface area contributed by atoms with Crippen LogP contribution in [0.1, 0.15) is 154 Å². The number of ether oxygens (including phenoxy) is 13. The molecule has 6 saturated heterocycles. The average molecular weight is 1320 g/mol. The van der Waals surface area contributed by atoms with E-state index in [4.69, 9.17) is 67.3 Å². The van der Waals surface area contributed by atoms with E-state index in [-0.39, 0.29) is 49.7 Å². The molecule has 0 aromatic carbocycles. The number of nitrogens with two attached hydrogens (primary N) is 1. The molecule has 29 unspecified atom stereocenters. The lowest BCUT2D eigenvalue weighted by Crippen LogP contribution is -2.66. The Kier molecular flexibility index (Phi) is 22.2. The van der Waals surface area contributed by atoms with E-state index in [1.54, 1.807) is 33.8 Å². The van der Waals surface area contributed by atoms with Crippen molar-refractivity contribution in [2.24, 2.45) is 46.7 Å². The second-order valence-corrected chi connectivity index (χ2v) is 28.9. The highest BCUT2D eigenvalue weighted by Crippen LogP contribution is 2.61. The van der Waals surface area contributed by atoms with Gasteiger partial charge in [0.1, 0.15) is 23.5 Å². The molecule has 10 aliphatic rings. The van der Waals surface area contributed by atoms with E-state index >= 15 is 4.79 Å². The maximum absolute atomic E-state index is 15.8. The lowest BCUT2D eigenvalue weighted by atomic mass is 9.49. The molecule has 7 fully saturated rings. The highest BCUT2D eigenvalue weighted by molar-refractivity contribution is 6.26. The number of carbonyl (C=O) groups excluding carboxylic acids is 5. The summed E-state index contributed by atoms with van der Waals surface area (Å²) in [6.45, 7) is 23.4. The van der Waals surface area contributed by atoms with Crippen LogP contribution in [0.5, 0.6) is 0 Å². The topological polar surface area (TPSA) is 324 Å². The fraction of sp³-hybridized carbons (Fsp3) is 0.757. The van der Waals surface area contributed by atoms with E-state index < -0.39 is 198 Å². The van der Waals surface area contributed by atoms with Crippen molar-refractivity contribution in [3.05, 3.63) is 70.6 Å². The molecular weight excluding hydrogens is 1220 g/mol. The molecule has 0 radical (unpaired) electrons. The van der Waals surface area contributed by atoms with E-state index in [0.29, 0.717) is 43.3 Å². The van der Waals surface area contributed by atoms with Gasteiger partial charge in [0, 0.05) is 68.2 Å². The van der Waals surface area contributed by atoms with Gasteiger partial charge in [0.25, 0.3) is 0 Å². The zero-order valence-corrected chi connectivity index (χ0v) is 56.8. The van der Waals surface area contributed by atoms with Gasteiger partial charge < -0.3 is 93.1 Å². The highest BCUT2D eigenvalue weighted by atomic mass is 16.8. The van der Waals surface area contributed by atoms with Crippen LogP contribution in [0.4, 0.5) is 4.79 Å². The largest absolute Gasteiger partial charge is 0.511 e. The third kappa shape index (κ3) is 14.8. The number of allylic oxidation sites excluding steroid dienone is 5. The van der Waals surface area contributed by atoms with E-state index in [0.717, 1.165) is 5.57 Å². The van der Waals surface area contributed by atoms with Gasteiger partial charge in [-0.2, -0.15) is 0 Å². The van der Waals surface area contributed by atoms with Gasteiger partial charge in [0.2, 0.25) is 5.78 Å². The Balaban J connectivity index is 0.911. The van der Waals surface area contributed by atoms with Gasteiger partial charge in [-0.25, -0.2) is 9.59 Å². The Bertz CT molecular complexity index is 2980. The smallest absolute Gasteiger partial charge is 0.407 e. The number of hydrogen-bond donors (Lipinski definition) is 6. The summed E-state index contributed by atoms with van der Waals surface area (Å²) in [6, 6.07) is -0.638. The molecule has 1 amide bonds. The number of ketones is 2. The summed E-state index contributed by atoms with van der Waals surface area (Å²) >= 11 is 0. The average Bonchev–Trinajstić information content (AvgIpc) is 1.31. The maximum Gasteiger partial charge on any atom is 0.407 e. The van der Waals surface area contributed by atoms with Crippen LogP contribution in [0.15, 0.2) is 70.6 Å². The minimum Gasteiger partial charge on any atom is -0.511 e. The molecule has 524 valence electrons. The van der Waals surface area contributed by atoms with E-state index in [9.17, 15) is 39.6 Å². The van der Waals surface area contributed by atoms with Gasteiger partial charge in [0.05, 0.1) is 86.2 Å². The number of esters is 2. The molecule has 24 heteroatoms. The number of aliphatic hydroxyl groups excluding tert-OH is 4. The summed E-state index contributed by atoms with van der Waals surface area (Å²) in [7, 11) is 1.27.